The summed E-state index contributed by atoms with van der Waals surface area (Å²) in [4.78, 5) is 11.4. The van der Waals surface area contributed by atoms with Crippen molar-refractivity contribution in [3.8, 4) is 5.75 Å². The highest BCUT2D eigenvalue weighted by Crippen LogP contribution is 2.24. The number of benzene rings is 2. The molecule has 6 nitrogen and oxygen atoms in total. The fourth-order valence-electron chi connectivity index (χ4n) is 2.87. The third-order valence-corrected chi connectivity index (χ3v) is 4.36. The Morgan fingerprint density at radius 2 is 2.07 bits per heavy atom. The van der Waals surface area contributed by atoms with Gasteiger partial charge in [-0.1, -0.05) is 28.9 Å². The standard InChI is InChI=1S/C20H16ClN3O3/c1-13-7-17(9-19-18(13)5-6-20(25)27-19)26-12-16-11-24(23-22-16)10-14-3-2-4-15(21)8-14/h2-9,11H,10,12H2,1H3. The van der Waals surface area contributed by atoms with Crippen LogP contribution >= 0.6 is 11.6 Å². The quantitative estimate of drug-likeness (QED) is 0.489. The van der Waals surface area contributed by atoms with Gasteiger partial charge in [0.2, 0.25) is 0 Å². The Morgan fingerprint density at radius 3 is 2.93 bits per heavy atom. The van der Waals surface area contributed by atoms with E-state index in [0.29, 0.717) is 28.6 Å². The molecule has 0 fully saturated rings. The van der Waals surface area contributed by atoms with E-state index in [2.05, 4.69) is 10.3 Å². The highest BCUT2D eigenvalue weighted by Gasteiger charge is 2.07. The number of aromatic nitrogens is 3. The molecule has 0 amide bonds. The van der Waals surface area contributed by atoms with Crippen molar-refractivity contribution in [1.29, 1.82) is 0 Å². The van der Waals surface area contributed by atoms with E-state index in [1.165, 1.54) is 6.07 Å². The molecule has 0 aliphatic rings. The summed E-state index contributed by atoms with van der Waals surface area (Å²) in [5.74, 6) is 0.610. The maximum Gasteiger partial charge on any atom is 0.336 e. The Labute approximate surface area is 160 Å². The molecule has 27 heavy (non-hydrogen) atoms. The summed E-state index contributed by atoms with van der Waals surface area (Å²) < 4.78 is 12.8. The van der Waals surface area contributed by atoms with Crippen LogP contribution in [0.5, 0.6) is 5.75 Å². The molecule has 4 aromatic rings. The maximum atomic E-state index is 11.4. The zero-order valence-corrected chi connectivity index (χ0v) is 15.3. The van der Waals surface area contributed by atoms with Crippen LogP contribution in [0.25, 0.3) is 11.0 Å². The second kappa shape index (κ2) is 7.25. The van der Waals surface area contributed by atoms with Gasteiger partial charge in [-0.2, -0.15) is 0 Å². The van der Waals surface area contributed by atoms with Gasteiger partial charge in [0, 0.05) is 22.5 Å². The van der Waals surface area contributed by atoms with Crippen LogP contribution in [-0.2, 0) is 13.2 Å². The van der Waals surface area contributed by atoms with Gasteiger partial charge in [0.1, 0.15) is 23.6 Å². The zero-order valence-electron chi connectivity index (χ0n) is 14.6. The van der Waals surface area contributed by atoms with E-state index in [1.54, 1.807) is 16.8 Å². The minimum atomic E-state index is -0.386. The van der Waals surface area contributed by atoms with Gasteiger partial charge >= 0.3 is 5.63 Å². The summed E-state index contributed by atoms with van der Waals surface area (Å²) in [5.41, 5.74) is 2.82. The first-order valence-electron chi connectivity index (χ1n) is 8.37. The Bertz CT molecular complexity index is 1170. The Morgan fingerprint density at radius 1 is 1.19 bits per heavy atom. The molecule has 0 saturated carbocycles. The van der Waals surface area contributed by atoms with Crippen molar-refractivity contribution >= 4 is 22.6 Å². The lowest BCUT2D eigenvalue weighted by Gasteiger charge is -2.07. The van der Waals surface area contributed by atoms with Crippen LogP contribution in [-0.4, -0.2) is 15.0 Å². The van der Waals surface area contributed by atoms with Crippen LogP contribution in [0.4, 0.5) is 0 Å². The molecule has 0 N–H and O–H groups in total. The SMILES string of the molecule is Cc1cc(OCc2cn(Cc3cccc(Cl)c3)nn2)cc2oc(=O)ccc12. The predicted octanol–water partition coefficient (Wildman–Crippen LogP) is 3.97. The number of hydrogen-bond acceptors (Lipinski definition) is 5. The second-order valence-electron chi connectivity index (χ2n) is 6.23. The van der Waals surface area contributed by atoms with Crippen molar-refractivity contribution in [3.05, 3.63) is 87.0 Å². The third kappa shape index (κ3) is 4.01. The van der Waals surface area contributed by atoms with E-state index >= 15 is 0 Å². The largest absolute Gasteiger partial charge is 0.487 e. The molecular formula is C20H16ClN3O3. The Balaban J connectivity index is 1.47. The van der Waals surface area contributed by atoms with Crippen molar-refractivity contribution in [2.75, 3.05) is 0 Å². The van der Waals surface area contributed by atoms with Crippen molar-refractivity contribution in [3.63, 3.8) is 0 Å². The summed E-state index contributed by atoms with van der Waals surface area (Å²) in [7, 11) is 0. The lowest BCUT2D eigenvalue weighted by molar-refractivity contribution is 0.301. The molecule has 2 heterocycles. The van der Waals surface area contributed by atoms with Gasteiger partial charge in [0.15, 0.2) is 0 Å². The van der Waals surface area contributed by atoms with Gasteiger partial charge in [-0.15, -0.1) is 5.10 Å². The maximum absolute atomic E-state index is 11.4. The smallest absolute Gasteiger partial charge is 0.336 e. The minimum absolute atomic E-state index is 0.261. The molecule has 0 aliphatic heterocycles. The lowest BCUT2D eigenvalue weighted by Crippen LogP contribution is -2.00. The molecule has 2 aromatic heterocycles. The summed E-state index contributed by atoms with van der Waals surface area (Å²) in [6.07, 6.45) is 1.83. The lowest BCUT2D eigenvalue weighted by atomic mass is 10.1. The molecule has 0 aliphatic carbocycles. The van der Waals surface area contributed by atoms with Crippen molar-refractivity contribution in [2.45, 2.75) is 20.1 Å². The topological polar surface area (TPSA) is 70.2 Å². The van der Waals surface area contributed by atoms with Crippen LogP contribution in [0.2, 0.25) is 5.02 Å². The molecule has 0 unspecified atom stereocenters. The van der Waals surface area contributed by atoms with E-state index in [0.717, 1.165) is 16.5 Å². The molecule has 0 atom stereocenters. The normalized spacial score (nSPS) is 11.0. The van der Waals surface area contributed by atoms with Gasteiger partial charge in [-0.3, -0.25) is 0 Å². The fourth-order valence-corrected chi connectivity index (χ4v) is 3.08. The number of aryl methyl sites for hydroxylation is 1. The van der Waals surface area contributed by atoms with Crippen molar-refractivity contribution in [2.24, 2.45) is 0 Å². The number of ether oxygens (including phenoxy) is 1. The van der Waals surface area contributed by atoms with Gasteiger partial charge < -0.3 is 9.15 Å². The summed E-state index contributed by atoms with van der Waals surface area (Å²) in [5, 5.41) is 9.82. The molecule has 0 radical (unpaired) electrons. The number of rotatable bonds is 5. The van der Waals surface area contributed by atoms with E-state index in [4.69, 9.17) is 20.8 Å². The van der Waals surface area contributed by atoms with Crippen LogP contribution in [0, 0.1) is 6.92 Å². The number of nitrogens with zero attached hydrogens (tertiary/aromatic N) is 3. The molecule has 0 bridgehead atoms. The van der Waals surface area contributed by atoms with E-state index in [-0.39, 0.29) is 12.2 Å². The molecule has 136 valence electrons. The van der Waals surface area contributed by atoms with Crippen LogP contribution in [0.15, 0.2) is 63.9 Å². The van der Waals surface area contributed by atoms with E-state index in [1.807, 2.05) is 43.5 Å². The number of hydrogen-bond donors (Lipinski definition) is 0. The first-order valence-corrected chi connectivity index (χ1v) is 8.75. The number of fused-ring (bicyclic) bond motifs is 1. The monoisotopic (exact) mass is 381 g/mol. The molecule has 7 heteroatoms. The first-order chi connectivity index (χ1) is 13.1. The highest BCUT2D eigenvalue weighted by atomic mass is 35.5. The van der Waals surface area contributed by atoms with Gasteiger partial charge in [0.05, 0.1) is 12.7 Å². The average molecular weight is 382 g/mol. The molecule has 4 rings (SSSR count). The van der Waals surface area contributed by atoms with Gasteiger partial charge in [0.25, 0.3) is 0 Å². The summed E-state index contributed by atoms with van der Waals surface area (Å²) in [6.45, 7) is 2.78. The molecule has 0 spiro atoms. The van der Waals surface area contributed by atoms with E-state index in [9.17, 15) is 4.79 Å². The second-order valence-corrected chi connectivity index (χ2v) is 6.67. The van der Waals surface area contributed by atoms with Crippen LogP contribution < -0.4 is 10.4 Å². The molecule has 2 aromatic carbocycles. The first kappa shape index (κ1) is 17.3. The zero-order chi connectivity index (χ0) is 18.8. The molecular weight excluding hydrogens is 366 g/mol. The minimum Gasteiger partial charge on any atom is -0.487 e. The highest BCUT2D eigenvalue weighted by molar-refractivity contribution is 6.30. The summed E-state index contributed by atoms with van der Waals surface area (Å²) >= 11 is 6.01. The van der Waals surface area contributed by atoms with Gasteiger partial charge in [-0.05, 0) is 42.3 Å². The van der Waals surface area contributed by atoms with Crippen molar-refractivity contribution in [1.82, 2.24) is 15.0 Å². The van der Waals surface area contributed by atoms with E-state index < -0.39 is 0 Å². The van der Waals surface area contributed by atoms with Gasteiger partial charge in [-0.25, -0.2) is 9.48 Å². The molecule has 0 saturated heterocycles. The Kier molecular flexibility index (Phi) is 4.64. The number of halogens is 1. The van der Waals surface area contributed by atoms with Crippen molar-refractivity contribution < 1.29 is 9.15 Å². The predicted molar refractivity (Wildman–Crippen MR) is 102 cm³/mol. The fraction of sp³-hybridized carbons (Fsp3) is 0.150. The average Bonchev–Trinajstić information content (AvgIpc) is 3.07. The summed E-state index contributed by atoms with van der Waals surface area (Å²) in [6, 6.07) is 14.4. The van der Waals surface area contributed by atoms with Crippen LogP contribution in [0.1, 0.15) is 16.8 Å². The third-order valence-electron chi connectivity index (χ3n) is 4.13. The van der Waals surface area contributed by atoms with Crippen LogP contribution in [0.3, 0.4) is 0 Å². The Hall–Kier alpha value is -3.12.